The first-order valence-corrected chi connectivity index (χ1v) is 9.33. The van der Waals surface area contributed by atoms with Gasteiger partial charge < -0.3 is 10.2 Å². The van der Waals surface area contributed by atoms with Crippen molar-refractivity contribution in [3.63, 3.8) is 0 Å². The molecule has 26 heavy (non-hydrogen) atoms. The Balaban J connectivity index is 1.50. The monoisotopic (exact) mass is 370 g/mol. The summed E-state index contributed by atoms with van der Waals surface area (Å²) in [5, 5.41) is 3.69. The van der Waals surface area contributed by atoms with E-state index in [2.05, 4.69) is 17.4 Å². The molecule has 0 radical (unpaired) electrons. The summed E-state index contributed by atoms with van der Waals surface area (Å²) >= 11 is 5.91. The molecule has 1 heterocycles. The molecular weight excluding hydrogens is 348 g/mol. The standard InChI is InChI=1S/C21H23ClN2O2/c22-19-9-6-17(7-10-19)14-24-15-18(8-11-20(24)25)21(26)23-13-12-16-4-2-1-3-5-16/h1-7,9-10,18H,8,11-15H2,(H,23,26)/t18-/m1/s1. The van der Waals surface area contributed by atoms with Crippen LogP contribution in [0.1, 0.15) is 24.0 Å². The number of hydrogen-bond donors (Lipinski definition) is 1. The van der Waals surface area contributed by atoms with E-state index >= 15 is 0 Å². The summed E-state index contributed by atoms with van der Waals surface area (Å²) in [6, 6.07) is 17.6. The Hall–Kier alpha value is -2.33. The minimum atomic E-state index is -0.143. The van der Waals surface area contributed by atoms with Gasteiger partial charge in [-0.3, -0.25) is 9.59 Å². The molecule has 0 aromatic heterocycles. The molecule has 1 aliphatic heterocycles. The second-order valence-corrected chi connectivity index (χ2v) is 7.10. The van der Waals surface area contributed by atoms with Crippen molar-refractivity contribution in [3.05, 3.63) is 70.7 Å². The number of hydrogen-bond acceptors (Lipinski definition) is 2. The van der Waals surface area contributed by atoms with Crippen LogP contribution in [0, 0.1) is 5.92 Å². The van der Waals surface area contributed by atoms with E-state index < -0.39 is 0 Å². The lowest BCUT2D eigenvalue weighted by Gasteiger charge is -2.32. The van der Waals surface area contributed by atoms with Crippen LogP contribution in [-0.2, 0) is 22.6 Å². The second kappa shape index (κ2) is 8.86. The molecule has 4 nitrogen and oxygen atoms in total. The SMILES string of the molecule is O=C(NCCc1ccccc1)[C@@H]1CCC(=O)N(Cc2ccc(Cl)cc2)C1. The topological polar surface area (TPSA) is 49.4 Å². The summed E-state index contributed by atoms with van der Waals surface area (Å²) in [5.41, 5.74) is 2.23. The molecule has 2 aromatic carbocycles. The lowest BCUT2D eigenvalue weighted by atomic mass is 9.96. The quantitative estimate of drug-likeness (QED) is 0.846. The summed E-state index contributed by atoms with van der Waals surface area (Å²) in [6.45, 7) is 1.60. The van der Waals surface area contributed by atoms with E-state index in [-0.39, 0.29) is 17.7 Å². The Labute approximate surface area is 159 Å². The van der Waals surface area contributed by atoms with Crippen molar-refractivity contribution in [2.24, 2.45) is 5.92 Å². The van der Waals surface area contributed by atoms with E-state index in [9.17, 15) is 9.59 Å². The molecule has 0 unspecified atom stereocenters. The van der Waals surface area contributed by atoms with E-state index in [1.807, 2.05) is 42.5 Å². The Morgan fingerprint density at radius 3 is 2.54 bits per heavy atom. The van der Waals surface area contributed by atoms with Gasteiger partial charge in [-0.25, -0.2) is 0 Å². The van der Waals surface area contributed by atoms with E-state index in [4.69, 9.17) is 11.6 Å². The third kappa shape index (κ3) is 5.09. The van der Waals surface area contributed by atoms with Crippen LogP contribution in [-0.4, -0.2) is 29.8 Å². The Morgan fingerprint density at radius 1 is 1.08 bits per heavy atom. The van der Waals surface area contributed by atoms with Crippen molar-refractivity contribution in [2.45, 2.75) is 25.8 Å². The molecule has 2 amide bonds. The maximum Gasteiger partial charge on any atom is 0.224 e. The summed E-state index contributed by atoms with van der Waals surface area (Å²) in [6.07, 6.45) is 1.85. The number of benzene rings is 2. The molecule has 0 aliphatic carbocycles. The summed E-state index contributed by atoms with van der Waals surface area (Å²) in [7, 11) is 0. The highest BCUT2D eigenvalue weighted by Gasteiger charge is 2.30. The third-order valence-electron chi connectivity index (χ3n) is 4.71. The molecule has 3 rings (SSSR count). The minimum Gasteiger partial charge on any atom is -0.355 e. The summed E-state index contributed by atoms with van der Waals surface area (Å²) in [4.78, 5) is 26.4. The highest BCUT2D eigenvalue weighted by atomic mass is 35.5. The Kier molecular flexibility index (Phi) is 6.29. The number of likely N-dealkylation sites (tertiary alicyclic amines) is 1. The normalized spacial score (nSPS) is 17.2. The molecule has 5 heteroatoms. The number of carbonyl (C=O) groups excluding carboxylic acids is 2. The number of carbonyl (C=O) groups is 2. The van der Waals surface area contributed by atoms with Gasteiger partial charge in [0.05, 0.1) is 5.92 Å². The van der Waals surface area contributed by atoms with E-state index in [0.717, 1.165) is 12.0 Å². The number of piperidine rings is 1. The number of amides is 2. The van der Waals surface area contributed by atoms with Crippen LogP contribution >= 0.6 is 11.6 Å². The van der Waals surface area contributed by atoms with Crippen molar-refractivity contribution < 1.29 is 9.59 Å². The van der Waals surface area contributed by atoms with Gasteiger partial charge in [0.15, 0.2) is 0 Å². The zero-order valence-electron chi connectivity index (χ0n) is 14.7. The van der Waals surface area contributed by atoms with Gasteiger partial charge >= 0.3 is 0 Å². The average molecular weight is 371 g/mol. The highest BCUT2D eigenvalue weighted by Crippen LogP contribution is 2.20. The smallest absolute Gasteiger partial charge is 0.224 e. The van der Waals surface area contributed by atoms with Gasteiger partial charge in [0.25, 0.3) is 0 Å². The molecule has 0 saturated carbocycles. The van der Waals surface area contributed by atoms with Crippen LogP contribution in [0.5, 0.6) is 0 Å². The van der Waals surface area contributed by atoms with Crippen LogP contribution in [0.2, 0.25) is 5.02 Å². The zero-order chi connectivity index (χ0) is 18.4. The second-order valence-electron chi connectivity index (χ2n) is 6.66. The first-order chi connectivity index (χ1) is 12.6. The van der Waals surface area contributed by atoms with Gasteiger partial charge in [0, 0.05) is 31.1 Å². The van der Waals surface area contributed by atoms with Crippen molar-refractivity contribution in [2.75, 3.05) is 13.1 Å². The fourth-order valence-electron chi connectivity index (χ4n) is 3.21. The predicted octanol–water partition coefficient (Wildman–Crippen LogP) is 3.44. The van der Waals surface area contributed by atoms with E-state index in [1.54, 1.807) is 4.90 Å². The minimum absolute atomic E-state index is 0.0366. The Morgan fingerprint density at radius 2 is 1.81 bits per heavy atom. The highest BCUT2D eigenvalue weighted by molar-refractivity contribution is 6.30. The molecule has 1 atom stereocenters. The summed E-state index contributed by atoms with van der Waals surface area (Å²) < 4.78 is 0. The zero-order valence-corrected chi connectivity index (χ0v) is 15.4. The lowest BCUT2D eigenvalue weighted by molar-refractivity contribution is -0.138. The summed E-state index contributed by atoms with van der Waals surface area (Å²) in [5.74, 6) is -0.00130. The first kappa shape index (κ1) is 18.5. The molecule has 136 valence electrons. The van der Waals surface area contributed by atoms with Gasteiger partial charge in [0.1, 0.15) is 0 Å². The fourth-order valence-corrected chi connectivity index (χ4v) is 3.34. The van der Waals surface area contributed by atoms with Gasteiger partial charge in [0.2, 0.25) is 11.8 Å². The number of nitrogens with one attached hydrogen (secondary N) is 1. The number of halogens is 1. The predicted molar refractivity (Wildman–Crippen MR) is 103 cm³/mol. The molecule has 1 N–H and O–H groups in total. The average Bonchev–Trinajstić information content (AvgIpc) is 2.66. The number of rotatable bonds is 6. The molecule has 1 aliphatic rings. The van der Waals surface area contributed by atoms with Crippen LogP contribution in [0.4, 0.5) is 0 Å². The van der Waals surface area contributed by atoms with Crippen molar-refractivity contribution in [1.82, 2.24) is 10.2 Å². The van der Waals surface area contributed by atoms with Crippen LogP contribution < -0.4 is 5.32 Å². The maximum atomic E-state index is 12.5. The largest absolute Gasteiger partial charge is 0.355 e. The van der Waals surface area contributed by atoms with Crippen molar-refractivity contribution >= 4 is 23.4 Å². The molecule has 2 aromatic rings. The molecule has 1 fully saturated rings. The van der Waals surface area contributed by atoms with Gasteiger partial charge in [-0.1, -0.05) is 54.1 Å². The van der Waals surface area contributed by atoms with Gasteiger partial charge in [-0.2, -0.15) is 0 Å². The lowest BCUT2D eigenvalue weighted by Crippen LogP contribution is -2.45. The Bertz CT molecular complexity index is 746. The fraction of sp³-hybridized carbons (Fsp3) is 0.333. The molecule has 0 spiro atoms. The van der Waals surface area contributed by atoms with Gasteiger partial charge in [-0.15, -0.1) is 0 Å². The van der Waals surface area contributed by atoms with E-state index in [0.29, 0.717) is 37.5 Å². The molecular formula is C21H23ClN2O2. The number of nitrogens with zero attached hydrogens (tertiary/aromatic N) is 1. The first-order valence-electron chi connectivity index (χ1n) is 8.95. The van der Waals surface area contributed by atoms with Crippen LogP contribution in [0.25, 0.3) is 0 Å². The third-order valence-corrected chi connectivity index (χ3v) is 4.97. The van der Waals surface area contributed by atoms with Crippen LogP contribution in [0.15, 0.2) is 54.6 Å². The molecule has 1 saturated heterocycles. The van der Waals surface area contributed by atoms with Crippen molar-refractivity contribution in [1.29, 1.82) is 0 Å². The van der Waals surface area contributed by atoms with Crippen molar-refractivity contribution in [3.8, 4) is 0 Å². The van der Waals surface area contributed by atoms with Crippen LogP contribution in [0.3, 0.4) is 0 Å². The van der Waals surface area contributed by atoms with E-state index in [1.165, 1.54) is 5.56 Å². The molecule has 0 bridgehead atoms. The van der Waals surface area contributed by atoms with Gasteiger partial charge in [-0.05, 0) is 36.1 Å². The maximum absolute atomic E-state index is 12.5.